The monoisotopic (exact) mass is 489 g/mol. The zero-order chi connectivity index (χ0) is 24.6. The summed E-state index contributed by atoms with van der Waals surface area (Å²) in [5.41, 5.74) is 4.16. The number of hydrogen-bond acceptors (Lipinski definition) is 11. The third-order valence-corrected chi connectivity index (χ3v) is 5.66. The van der Waals surface area contributed by atoms with E-state index in [9.17, 15) is 4.79 Å². The fourth-order valence-corrected chi connectivity index (χ4v) is 3.78. The van der Waals surface area contributed by atoms with Gasteiger partial charge in [0.1, 0.15) is 5.75 Å². The van der Waals surface area contributed by atoms with Crippen LogP contribution < -0.4 is 20.0 Å². The summed E-state index contributed by atoms with van der Waals surface area (Å²) in [7, 11) is 0. The summed E-state index contributed by atoms with van der Waals surface area (Å²) in [6.07, 6.45) is 1.62. The molecule has 0 atom stereocenters. The van der Waals surface area contributed by atoms with E-state index in [0.29, 0.717) is 81.8 Å². The Morgan fingerprint density at radius 1 is 0.861 bits per heavy atom. The van der Waals surface area contributed by atoms with Crippen molar-refractivity contribution in [2.45, 2.75) is 0 Å². The van der Waals surface area contributed by atoms with Crippen LogP contribution >= 0.6 is 0 Å². The highest BCUT2D eigenvalue weighted by atomic mass is 16.5. The minimum Gasteiger partial charge on any atom is -0.423 e. The minimum atomic E-state index is -0.417. The van der Waals surface area contributed by atoms with Gasteiger partial charge in [0.2, 0.25) is 17.8 Å². The molecule has 2 aliphatic heterocycles. The van der Waals surface area contributed by atoms with Crippen molar-refractivity contribution in [3.63, 3.8) is 0 Å². The Kier molecular flexibility index (Phi) is 7.59. The lowest BCUT2D eigenvalue weighted by molar-refractivity contribution is 0.0734. The Balaban J connectivity index is 1.29. The summed E-state index contributed by atoms with van der Waals surface area (Å²) in [4.78, 5) is 30.3. The largest absolute Gasteiger partial charge is 0.423 e. The fourth-order valence-electron chi connectivity index (χ4n) is 3.78. The number of nitrogens with one attached hydrogen (secondary N) is 1. The van der Waals surface area contributed by atoms with Crippen LogP contribution in [-0.4, -0.2) is 79.7 Å². The van der Waals surface area contributed by atoms with E-state index in [0.717, 1.165) is 5.56 Å². The molecule has 3 aromatic rings. The number of ether oxygens (including phenoxy) is 3. The molecular formula is C25H27N7O4. The van der Waals surface area contributed by atoms with E-state index in [1.165, 1.54) is 0 Å². The van der Waals surface area contributed by atoms with Crippen LogP contribution in [0.5, 0.6) is 5.75 Å². The number of rotatable bonds is 7. The molecule has 0 unspecified atom stereocenters. The first-order valence-electron chi connectivity index (χ1n) is 11.8. The van der Waals surface area contributed by atoms with Crippen LogP contribution in [0.15, 0.2) is 59.7 Å². The number of benzene rings is 2. The predicted molar refractivity (Wildman–Crippen MR) is 135 cm³/mol. The van der Waals surface area contributed by atoms with Gasteiger partial charge in [-0.25, -0.2) is 10.2 Å². The molecule has 0 amide bonds. The second kappa shape index (κ2) is 11.6. The Labute approximate surface area is 208 Å². The molecule has 36 heavy (non-hydrogen) atoms. The van der Waals surface area contributed by atoms with Crippen molar-refractivity contribution in [3.8, 4) is 5.75 Å². The summed E-state index contributed by atoms with van der Waals surface area (Å²) in [6, 6.07) is 16.0. The lowest BCUT2D eigenvalue weighted by Gasteiger charge is -2.30. The molecule has 2 saturated heterocycles. The summed E-state index contributed by atoms with van der Waals surface area (Å²) >= 11 is 0. The molecule has 186 valence electrons. The Morgan fingerprint density at radius 3 is 2.14 bits per heavy atom. The smallest absolute Gasteiger partial charge is 0.343 e. The summed E-state index contributed by atoms with van der Waals surface area (Å²) in [5, 5.41) is 4.31. The van der Waals surface area contributed by atoms with Gasteiger partial charge in [0.25, 0.3) is 0 Å². The zero-order valence-corrected chi connectivity index (χ0v) is 19.7. The van der Waals surface area contributed by atoms with Crippen LogP contribution in [0.25, 0.3) is 0 Å². The summed E-state index contributed by atoms with van der Waals surface area (Å²) in [5.74, 6) is 1.52. The molecule has 0 spiro atoms. The van der Waals surface area contributed by atoms with Gasteiger partial charge in [0, 0.05) is 26.2 Å². The normalized spacial score (nSPS) is 16.2. The fraction of sp³-hybridized carbons (Fsp3) is 0.320. The van der Waals surface area contributed by atoms with Crippen LogP contribution in [0.1, 0.15) is 15.9 Å². The van der Waals surface area contributed by atoms with E-state index < -0.39 is 5.97 Å². The topological polar surface area (TPSA) is 114 Å². The van der Waals surface area contributed by atoms with Crippen LogP contribution in [-0.2, 0) is 9.47 Å². The van der Waals surface area contributed by atoms with Gasteiger partial charge < -0.3 is 24.0 Å². The molecule has 0 aliphatic carbocycles. The van der Waals surface area contributed by atoms with Gasteiger partial charge in [0.05, 0.1) is 38.2 Å². The molecular weight excluding hydrogens is 462 g/mol. The standard InChI is InChI=1S/C25H27N7O4/c33-22(20-6-2-1-3-7-20)36-21-8-4-5-19(17-21)18-26-30-23-27-24(31-9-13-34-14-10-31)29-25(28-23)32-11-15-35-16-12-32/h1-8,17-18H,9-16H2,(H,27,28,29,30)/b26-18-. The van der Waals surface area contributed by atoms with Crippen molar-refractivity contribution in [2.75, 3.05) is 67.8 Å². The molecule has 1 N–H and O–H groups in total. The third kappa shape index (κ3) is 6.12. The van der Waals surface area contributed by atoms with Gasteiger partial charge in [-0.3, -0.25) is 0 Å². The first-order chi connectivity index (χ1) is 17.7. The Morgan fingerprint density at radius 2 is 1.50 bits per heavy atom. The molecule has 11 nitrogen and oxygen atoms in total. The molecule has 5 rings (SSSR count). The number of aromatic nitrogens is 3. The number of nitrogens with zero attached hydrogens (tertiary/aromatic N) is 6. The second-order valence-corrected chi connectivity index (χ2v) is 8.16. The molecule has 0 radical (unpaired) electrons. The van der Waals surface area contributed by atoms with Crippen molar-refractivity contribution in [1.29, 1.82) is 0 Å². The number of hydrazone groups is 1. The van der Waals surface area contributed by atoms with Gasteiger partial charge in [-0.05, 0) is 29.8 Å². The maximum Gasteiger partial charge on any atom is 0.343 e. The van der Waals surface area contributed by atoms with E-state index >= 15 is 0 Å². The molecule has 1 aromatic heterocycles. The number of carbonyl (C=O) groups excluding carboxylic acids is 1. The average molecular weight is 490 g/mol. The SMILES string of the molecule is O=C(Oc1cccc(/C=N\Nc2nc(N3CCOCC3)nc(N3CCOCC3)n2)c1)c1ccccc1. The van der Waals surface area contributed by atoms with E-state index in [4.69, 9.17) is 14.2 Å². The molecule has 0 saturated carbocycles. The molecule has 3 heterocycles. The van der Waals surface area contributed by atoms with E-state index in [2.05, 4.69) is 35.3 Å². The van der Waals surface area contributed by atoms with Crippen molar-refractivity contribution in [3.05, 3.63) is 65.7 Å². The molecule has 2 aliphatic rings. The molecule has 2 fully saturated rings. The first-order valence-corrected chi connectivity index (χ1v) is 11.8. The Bertz CT molecular complexity index is 1160. The molecule has 2 aromatic carbocycles. The van der Waals surface area contributed by atoms with Gasteiger partial charge in [0.15, 0.2) is 0 Å². The average Bonchev–Trinajstić information content (AvgIpc) is 2.94. The van der Waals surface area contributed by atoms with Crippen LogP contribution in [0, 0.1) is 0 Å². The van der Waals surface area contributed by atoms with Gasteiger partial charge in [-0.2, -0.15) is 20.1 Å². The number of morpholine rings is 2. The summed E-state index contributed by atoms with van der Waals surface area (Å²) < 4.78 is 16.4. The summed E-state index contributed by atoms with van der Waals surface area (Å²) in [6.45, 7) is 5.37. The van der Waals surface area contributed by atoms with Gasteiger partial charge in [-0.15, -0.1) is 0 Å². The lowest BCUT2D eigenvalue weighted by Crippen LogP contribution is -2.40. The van der Waals surface area contributed by atoms with Crippen LogP contribution in [0.2, 0.25) is 0 Å². The van der Waals surface area contributed by atoms with Gasteiger partial charge in [-0.1, -0.05) is 30.3 Å². The predicted octanol–water partition coefficient (Wildman–Crippen LogP) is 2.21. The quantitative estimate of drug-likeness (QED) is 0.229. The van der Waals surface area contributed by atoms with Crippen molar-refractivity contribution in [1.82, 2.24) is 15.0 Å². The van der Waals surface area contributed by atoms with Crippen LogP contribution in [0.3, 0.4) is 0 Å². The lowest BCUT2D eigenvalue weighted by atomic mass is 10.2. The van der Waals surface area contributed by atoms with Gasteiger partial charge >= 0.3 is 5.97 Å². The maximum atomic E-state index is 12.3. The minimum absolute atomic E-state index is 0.343. The number of hydrogen-bond donors (Lipinski definition) is 1. The maximum absolute atomic E-state index is 12.3. The highest BCUT2D eigenvalue weighted by Gasteiger charge is 2.20. The molecule has 11 heteroatoms. The first kappa shape index (κ1) is 23.6. The Hall–Kier alpha value is -4.09. The number of carbonyl (C=O) groups is 1. The van der Waals surface area contributed by atoms with Crippen molar-refractivity contribution in [2.24, 2.45) is 5.10 Å². The zero-order valence-electron chi connectivity index (χ0n) is 19.7. The van der Waals surface area contributed by atoms with E-state index in [1.807, 2.05) is 12.1 Å². The number of anilines is 3. The molecule has 0 bridgehead atoms. The second-order valence-electron chi connectivity index (χ2n) is 8.16. The van der Waals surface area contributed by atoms with Crippen molar-refractivity contribution >= 4 is 30.0 Å². The van der Waals surface area contributed by atoms with Crippen molar-refractivity contribution < 1.29 is 19.0 Å². The highest BCUT2D eigenvalue weighted by Crippen LogP contribution is 2.19. The highest BCUT2D eigenvalue weighted by molar-refractivity contribution is 5.91. The number of esters is 1. The van der Waals surface area contributed by atoms with E-state index in [1.54, 1.807) is 48.7 Å². The van der Waals surface area contributed by atoms with Crippen LogP contribution in [0.4, 0.5) is 17.8 Å². The van der Waals surface area contributed by atoms with E-state index in [-0.39, 0.29) is 0 Å². The third-order valence-electron chi connectivity index (χ3n) is 5.66.